The molecule has 1 fully saturated rings. The van der Waals surface area contributed by atoms with Crippen LogP contribution in [0.2, 0.25) is 0 Å². The van der Waals surface area contributed by atoms with Crippen LogP contribution < -0.4 is 19.7 Å². The van der Waals surface area contributed by atoms with Crippen molar-refractivity contribution < 1.29 is 17.5 Å². The Morgan fingerprint density at radius 3 is 2.29 bits per heavy atom. The molecule has 0 saturated carbocycles. The van der Waals surface area contributed by atoms with Crippen LogP contribution in [0.15, 0.2) is 65.6 Å². The van der Waals surface area contributed by atoms with Crippen LogP contribution in [0.1, 0.15) is 19.4 Å². The second-order valence-corrected chi connectivity index (χ2v) is 10.5. The number of sulfonamides is 1. The molecular weight excluding hydrogens is 453 g/mol. The van der Waals surface area contributed by atoms with Crippen LogP contribution in [-0.2, 0) is 10.0 Å². The van der Waals surface area contributed by atoms with Crippen LogP contribution >= 0.6 is 0 Å². The molecule has 0 amide bonds. The van der Waals surface area contributed by atoms with Gasteiger partial charge in [-0.25, -0.2) is 12.8 Å². The molecule has 3 aromatic rings. The monoisotopic (exact) mass is 483 g/mol. The average molecular weight is 484 g/mol. The van der Waals surface area contributed by atoms with E-state index in [1.54, 1.807) is 49.6 Å². The Kier molecular flexibility index (Phi) is 6.81. The Bertz CT molecular complexity index is 1270. The first-order valence-electron chi connectivity index (χ1n) is 11.2. The molecule has 1 saturated heterocycles. The Balaban J connectivity index is 1.58. The SMILES string of the molecule is COc1ccc(NS(=O)(=O)c2ccc(-c3ccc(F)cc3C)cc2)cc1N1C[C@@H](C)N[C@@H](C)C1. The Hall–Kier alpha value is -3.10. The topological polar surface area (TPSA) is 70.7 Å². The molecule has 0 radical (unpaired) electrons. The summed E-state index contributed by atoms with van der Waals surface area (Å²) in [5, 5.41) is 3.50. The van der Waals surface area contributed by atoms with Gasteiger partial charge in [-0.2, -0.15) is 0 Å². The molecule has 2 N–H and O–H groups in total. The fourth-order valence-electron chi connectivity index (χ4n) is 4.50. The Labute approximate surface area is 200 Å². The van der Waals surface area contributed by atoms with Gasteiger partial charge in [0.2, 0.25) is 0 Å². The van der Waals surface area contributed by atoms with E-state index in [1.165, 1.54) is 12.1 Å². The van der Waals surface area contributed by atoms with Crippen molar-refractivity contribution in [3.05, 3.63) is 72.0 Å². The lowest BCUT2D eigenvalue weighted by atomic mass is 10.0. The molecule has 1 aliphatic rings. The zero-order valence-electron chi connectivity index (χ0n) is 19.8. The number of benzene rings is 3. The molecular formula is C26H30FN3O3S. The van der Waals surface area contributed by atoms with Gasteiger partial charge in [0.05, 0.1) is 23.4 Å². The third-order valence-electron chi connectivity index (χ3n) is 5.99. The van der Waals surface area contributed by atoms with Gasteiger partial charge in [0.1, 0.15) is 11.6 Å². The van der Waals surface area contributed by atoms with E-state index in [2.05, 4.69) is 28.8 Å². The molecule has 0 spiro atoms. The van der Waals surface area contributed by atoms with Crippen molar-refractivity contribution in [1.82, 2.24) is 5.32 Å². The molecule has 180 valence electrons. The van der Waals surface area contributed by atoms with Gasteiger partial charge in [0.25, 0.3) is 10.0 Å². The fraction of sp³-hybridized carbons (Fsp3) is 0.308. The quantitative estimate of drug-likeness (QED) is 0.527. The van der Waals surface area contributed by atoms with Crippen molar-refractivity contribution >= 4 is 21.4 Å². The van der Waals surface area contributed by atoms with E-state index in [1.807, 2.05) is 13.0 Å². The summed E-state index contributed by atoms with van der Waals surface area (Å²) in [4.78, 5) is 2.36. The molecule has 3 aromatic carbocycles. The maximum Gasteiger partial charge on any atom is 0.261 e. The second kappa shape index (κ2) is 9.64. The van der Waals surface area contributed by atoms with E-state index in [0.717, 1.165) is 35.5 Å². The third-order valence-corrected chi connectivity index (χ3v) is 7.39. The van der Waals surface area contributed by atoms with Crippen molar-refractivity contribution in [2.45, 2.75) is 37.8 Å². The summed E-state index contributed by atoms with van der Waals surface area (Å²) in [5.74, 6) is 0.400. The van der Waals surface area contributed by atoms with Gasteiger partial charge in [-0.1, -0.05) is 18.2 Å². The van der Waals surface area contributed by atoms with Crippen LogP contribution in [0, 0.1) is 12.7 Å². The summed E-state index contributed by atoms with van der Waals surface area (Å²) >= 11 is 0. The molecule has 1 heterocycles. The van der Waals surface area contributed by atoms with Gasteiger partial charge in [-0.3, -0.25) is 4.72 Å². The number of halogens is 1. The molecule has 0 bridgehead atoms. The first-order chi connectivity index (χ1) is 16.2. The molecule has 8 heteroatoms. The minimum absolute atomic E-state index is 0.151. The number of anilines is 2. The van der Waals surface area contributed by atoms with Crippen LogP contribution in [-0.4, -0.2) is 40.7 Å². The van der Waals surface area contributed by atoms with E-state index in [4.69, 9.17) is 4.74 Å². The van der Waals surface area contributed by atoms with Gasteiger partial charge < -0.3 is 15.0 Å². The highest BCUT2D eigenvalue weighted by Crippen LogP contribution is 2.33. The predicted molar refractivity (Wildman–Crippen MR) is 135 cm³/mol. The van der Waals surface area contributed by atoms with Crippen molar-refractivity contribution in [2.75, 3.05) is 29.8 Å². The number of aryl methyl sites for hydroxylation is 1. The number of hydrogen-bond donors (Lipinski definition) is 2. The highest BCUT2D eigenvalue weighted by molar-refractivity contribution is 7.92. The lowest BCUT2D eigenvalue weighted by molar-refractivity contribution is 0.391. The Morgan fingerprint density at radius 2 is 1.68 bits per heavy atom. The number of rotatable bonds is 6. The van der Waals surface area contributed by atoms with E-state index in [-0.39, 0.29) is 10.7 Å². The number of hydrogen-bond acceptors (Lipinski definition) is 5. The molecule has 0 unspecified atom stereocenters. The minimum atomic E-state index is -3.80. The highest BCUT2D eigenvalue weighted by Gasteiger charge is 2.24. The minimum Gasteiger partial charge on any atom is -0.495 e. The van der Waals surface area contributed by atoms with E-state index >= 15 is 0 Å². The molecule has 2 atom stereocenters. The number of nitrogens with zero attached hydrogens (tertiary/aromatic N) is 1. The Morgan fingerprint density at radius 1 is 1.00 bits per heavy atom. The largest absolute Gasteiger partial charge is 0.495 e. The van der Waals surface area contributed by atoms with Crippen LogP contribution in [0.3, 0.4) is 0 Å². The summed E-state index contributed by atoms with van der Waals surface area (Å²) < 4.78 is 47.8. The van der Waals surface area contributed by atoms with E-state index < -0.39 is 10.0 Å². The highest BCUT2D eigenvalue weighted by atomic mass is 32.2. The molecule has 0 aromatic heterocycles. The summed E-state index contributed by atoms with van der Waals surface area (Å²) in [5.41, 5.74) is 3.79. The molecule has 34 heavy (non-hydrogen) atoms. The van der Waals surface area contributed by atoms with Crippen LogP contribution in [0.4, 0.5) is 15.8 Å². The lowest BCUT2D eigenvalue weighted by Crippen LogP contribution is -2.54. The van der Waals surface area contributed by atoms with Gasteiger partial charge in [0, 0.05) is 25.2 Å². The predicted octanol–water partition coefficient (Wildman–Crippen LogP) is 4.80. The van der Waals surface area contributed by atoms with Crippen molar-refractivity contribution in [3.8, 4) is 16.9 Å². The zero-order valence-corrected chi connectivity index (χ0v) is 20.6. The number of methoxy groups -OCH3 is 1. The standard InChI is InChI=1S/C26H30FN3O3S/c1-17-13-21(27)7-11-24(17)20-5-9-23(10-6-20)34(31,32)29-22-8-12-26(33-4)25(14-22)30-15-18(2)28-19(3)16-30/h5-14,18-19,28-29H,15-16H2,1-4H3/t18-,19+. The van der Waals surface area contributed by atoms with Crippen molar-refractivity contribution in [2.24, 2.45) is 0 Å². The van der Waals surface area contributed by atoms with Crippen molar-refractivity contribution in [3.63, 3.8) is 0 Å². The first-order valence-corrected chi connectivity index (χ1v) is 12.7. The number of piperazine rings is 1. The van der Waals surface area contributed by atoms with Crippen LogP contribution in [0.5, 0.6) is 5.75 Å². The first kappa shape index (κ1) is 24.0. The smallest absolute Gasteiger partial charge is 0.261 e. The zero-order chi connectivity index (χ0) is 24.5. The van der Waals surface area contributed by atoms with Gasteiger partial charge in [0.15, 0.2) is 0 Å². The second-order valence-electron chi connectivity index (χ2n) is 8.85. The van der Waals surface area contributed by atoms with Crippen molar-refractivity contribution in [1.29, 1.82) is 0 Å². The maximum atomic E-state index is 13.4. The van der Waals surface area contributed by atoms with Gasteiger partial charge in [-0.05, 0) is 79.9 Å². The normalized spacial score (nSPS) is 18.6. The number of ether oxygens (including phenoxy) is 1. The summed E-state index contributed by atoms with van der Waals surface area (Å²) in [6, 6.07) is 17.0. The molecule has 1 aliphatic heterocycles. The van der Waals surface area contributed by atoms with Crippen LogP contribution in [0.25, 0.3) is 11.1 Å². The van der Waals surface area contributed by atoms with E-state index in [9.17, 15) is 12.8 Å². The molecule has 4 rings (SSSR count). The number of nitrogens with one attached hydrogen (secondary N) is 2. The molecule has 0 aliphatic carbocycles. The molecule has 6 nitrogen and oxygen atoms in total. The summed E-state index contributed by atoms with van der Waals surface area (Å²) in [6.45, 7) is 7.66. The van der Waals surface area contributed by atoms with Gasteiger partial charge in [-0.15, -0.1) is 0 Å². The lowest BCUT2D eigenvalue weighted by Gasteiger charge is -2.38. The maximum absolute atomic E-state index is 13.4. The average Bonchev–Trinajstić information content (AvgIpc) is 2.78. The fourth-order valence-corrected chi connectivity index (χ4v) is 5.55. The third kappa shape index (κ3) is 5.18. The van der Waals surface area contributed by atoms with Gasteiger partial charge >= 0.3 is 0 Å². The van der Waals surface area contributed by atoms with E-state index in [0.29, 0.717) is 23.5 Å². The summed E-state index contributed by atoms with van der Waals surface area (Å²) in [6.07, 6.45) is 0. The summed E-state index contributed by atoms with van der Waals surface area (Å²) in [7, 11) is -2.19.